The Morgan fingerprint density at radius 3 is 1.90 bits per heavy atom. The van der Waals surface area contributed by atoms with Crippen LogP contribution < -0.4 is 0 Å². The zero-order chi connectivity index (χ0) is 21.2. The molecular weight excluding hydrogens is 374 g/mol. The lowest BCUT2D eigenvalue weighted by molar-refractivity contribution is 0.721. The van der Waals surface area contributed by atoms with Gasteiger partial charge in [0.15, 0.2) is 0 Å². The van der Waals surface area contributed by atoms with Crippen molar-refractivity contribution in [3.8, 4) is 22.3 Å². The Balaban J connectivity index is 1.46. The third-order valence-electron chi connectivity index (χ3n) is 6.70. The van der Waals surface area contributed by atoms with E-state index in [9.17, 15) is 0 Å². The molecule has 0 spiro atoms. The van der Waals surface area contributed by atoms with Crippen LogP contribution in [0.2, 0.25) is 0 Å². The van der Waals surface area contributed by atoms with Crippen molar-refractivity contribution in [3.05, 3.63) is 89.2 Å². The molecule has 3 aromatic carbocycles. The minimum Gasteiger partial charge on any atom is -0.258 e. The molecule has 0 amide bonds. The fraction of sp³-hybridized carbons (Fsp3) is 0.300. The molecule has 1 aromatic heterocycles. The Kier molecular flexibility index (Phi) is 5.59. The SMILES string of the molecule is CCCCc1ccc(CCCCc2cccc(C)n2)c2c1-c1cccc3cccc-2c13. The Bertz CT molecular complexity index is 1230. The van der Waals surface area contributed by atoms with Gasteiger partial charge in [0.05, 0.1) is 0 Å². The van der Waals surface area contributed by atoms with Crippen LogP contribution in [0.3, 0.4) is 0 Å². The summed E-state index contributed by atoms with van der Waals surface area (Å²) in [5.74, 6) is 0. The maximum atomic E-state index is 4.67. The van der Waals surface area contributed by atoms with Crippen LogP contribution in [0.25, 0.3) is 33.0 Å². The van der Waals surface area contributed by atoms with Crippen LogP contribution in [0.15, 0.2) is 66.7 Å². The standard InChI is InChI=1S/C30H31N/c1-3-4-11-23-19-20-24(12-5-6-15-25-16-7-10-21(2)31-25)30-27-18-9-14-22-13-8-17-26(28(22)27)29(23)30/h7-10,13-14,16-20H,3-6,11-12,15H2,1-2H3. The first kappa shape index (κ1) is 20.0. The monoisotopic (exact) mass is 405 g/mol. The van der Waals surface area contributed by atoms with E-state index < -0.39 is 0 Å². The number of hydrogen-bond donors (Lipinski definition) is 0. The molecule has 1 heterocycles. The molecule has 0 aliphatic heterocycles. The number of fused-ring (bicyclic) bond motifs is 3. The summed E-state index contributed by atoms with van der Waals surface area (Å²) < 4.78 is 0. The molecule has 1 aliphatic carbocycles. The van der Waals surface area contributed by atoms with E-state index in [4.69, 9.17) is 0 Å². The predicted octanol–water partition coefficient (Wildman–Crippen LogP) is 8.10. The average molecular weight is 406 g/mol. The normalized spacial score (nSPS) is 11.8. The number of aryl methyl sites for hydroxylation is 4. The molecule has 0 radical (unpaired) electrons. The third kappa shape index (κ3) is 3.78. The van der Waals surface area contributed by atoms with Gasteiger partial charge in [0.2, 0.25) is 0 Å². The second-order valence-electron chi connectivity index (χ2n) is 8.92. The smallest absolute Gasteiger partial charge is 0.0406 e. The van der Waals surface area contributed by atoms with Crippen LogP contribution in [0.4, 0.5) is 0 Å². The van der Waals surface area contributed by atoms with Crippen molar-refractivity contribution in [2.24, 2.45) is 0 Å². The quantitative estimate of drug-likeness (QED) is 0.238. The van der Waals surface area contributed by atoms with E-state index in [0.717, 1.165) is 18.5 Å². The first-order chi connectivity index (χ1) is 15.3. The van der Waals surface area contributed by atoms with Gasteiger partial charge in [-0.3, -0.25) is 4.98 Å². The maximum absolute atomic E-state index is 4.67. The summed E-state index contributed by atoms with van der Waals surface area (Å²) in [6, 6.07) is 24.8. The van der Waals surface area contributed by atoms with Crippen molar-refractivity contribution in [2.45, 2.75) is 58.8 Å². The van der Waals surface area contributed by atoms with Gasteiger partial charge in [-0.25, -0.2) is 0 Å². The molecule has 5 rings (SSSR count). The number of nitrogens with zero attached hydrogens (tertiary/aromatic N) is 1. The van der Waals surface area contributed by atoms with Gasteiger partial charge in [-0.15, -0.1) is 0 Å². The van der Waals surface area contributed by atoms with E-state index in [1.165, 1.54) is 82.0 Å². The van der Waals surface area contributed by atoms with Gasteiger partial charge < -0.3 is 0 Å². The Morgan fingerprint density at radius 1 is 0.645 bits per heavy atom. The lowest BCUT2D eigenvalue weighted by Gasteiger charge is -2.15. The van der Waals surface area contributed by atoms with E-state index in [1.54, 1.807) is 0 Å². The molecule has 0 atom stereocenters. The van der Waals surface area contributed by atoms with E-state index in [-0.39, 0.29) is 0 Å². The van der Waals surface area contributed by atoms with Gasteiger partial charge in [0.1, 0.15) is 0 Å². The van der Waals surface area contributed by atoms with Crippen LogP contribution in [0, 0.1) is 6.92 Å². The molecule has 1 aliphatic rings. The van der Waals surface area contributed by atoms with Crippen molar-refractivity contribution >= 4 is 10.8 Å². The van der Waals surface area contributed by atoms with Gasteiger partial charge in [-0.2, -0.15) is 0 Å². The molecule has 0 saturated heterocycles. The average Bonchev–Trinajstić information content (AvgIpc) is 3.13. The van der Waals surface area contributed by atoms with E-state index in [1.807, 2.05) is 0 Å². The largest absolute Gasteiger partial charge is 0.258 e. The fourth-order valence-electron chi connectivity index (χ4n) is 5.21. The van der Waals surface area contributed by atoms with Gasteiger partial charge in [-0.1, -0.05) is 67.9 Å². The van der Waals surface area contributed by atoms with Crippen molar-refractivity contribution < 1.29 is 0 Å². The highest BCUT2D eigenvalue weighted by Gasteiger charge is 2.25. The van der Waals surface area contributed by atoms with Crippen LogP contribution in [-0.4, -0.2) is 4.98 Å². The highest BCUT2D eigenvalue weighted by molar-refractivity contribution is 6.16. The fourth-order valence-corrected chi connectivity index (χ4v) is 5.21. The Labute approximate surface area is 186 Å². The topological polar surface area (TPSA) is 12.9 Å². The van der Waals surface area contributed by atoms with Crippen molar-refractivity contribution in [1.82, 2.24) is 4.98 Å². The third-order valence-corrected chi connectivity index (χ3v) is 6.70. The minimum absolute atomic E-state index is 1.06. The van der Waals surface area contributed by atoms with Gasteiger partial charge in [-0.05, 0) is 102 Å². The van der Waals surface area contributed by atoms with Gasteiger partial charge in [0, 0.05) is 11.4 Å². The van der Waals surface area contributed by atoms with Gasteiger partial charge in [0.25, 0.3) is 0 Å². The molecular formula is C30H31N. The molecule has 4 aromatic rings. The predicted molar refractivity (Wildman–Crippen MR) is 133 cm³/mol. The summed E-state index contributed by atoms with van der Waals surface area (Å²) in [6.07, 6.45) is 8.23. The molecule has 0 saturated carbocycles. The number of rotatable bonds is 8. The molecule has 31 heavy (non-hydrogen) atoms. The number of aromatic nitrogens is 1. The summed E-state index contributed by atoms with van der Waals surface area (Å²) >= 11 is 0. The van der Waals surface area contributed by atoms with Gasteiger partial charge >= 0.3 is 0 Å². The van der Waals surface area contributed by atoms with Crippen molar-refractivity contribution in [3.63, 3.8) is 0 Å². The zero-order valence-corrected chi connectivity index (χ0v) is 18.7. The Morgan fingerprint density at radius 2 is 1.26 bits per heavy atom. The zero-order valence-electron chi connectivity index (χ0n) is 18.7. The lowest BCUT2D eigenvalue weighted by Crippen LogP contribution is -1.97. The second-order valence-corrected chi connectivity index (χ2v) is 8.92. The molecule has 0 N–H and O–H groups in total. The summed E-state index contributed by atoms with van der Waals surface area (Å²) in [5.41, 5.74) is 11.3. The van der Waals surface area contributed by atoms with Crippen LogP contribution in [-0.2, 0) is 19.3 Å². The number of benzene rings is 3. The summed E-state index contributed by atoms with van der Waals surface area (Å²) in [4.78, 5) is 4.67. The molecule has 0 unspecified atom stereocenters. The molecule has 0 bridgehead atoms. The van der Waals surface area contributed by atoms with Crippen molar-refractivity contribution in [1.29, 1.82) is 0 Å². The van der Waals surface area contributed by atoms with Crippen LogP contribution in [0.5, 0.6) is 0 Å². The molecule has 156 valence electrons. The van der Waals surface area contributed by atoms with Crippen molar-refractivity contribution in [2.75, 3.05) is 0 Å². The second kappa shape index (κ2) is 8.67. The molecule has 1 heteroatoms. The first-order valence-corrected chi connectivity index (χ1v) is 11.9. The maximum Gasteiger partial charge on any atom is 0.0406 e. The molecule has 1 nitrogen and oxygen atoms in total. The first-order valence-electron chi connectivity index (χ1n) is 11.9. The summed E-state index contributed by atoms with van der Waals surface area (Å²) in [6.45, 7) is 4.36. The highest BCUT2D eigenvalue weighted by atomic mass is 14.7. The molecule has 0 fully saturated rings. The highest BCUT2D eigenvalue weighted by Crippen LogP contribution is 2.50. The Hall–Kier alpha value is -2.93. The van der Waals surface area contributed by atoms with Crippen LogP contribution >= 0.6 is 0 Å². The number of pyridine rings is 1. The summed E-state index contributed by atoms with van der Waals surface area (Å²) in [7, 11) is 0. The summed E-state index contributed by atoms with van der Waals surface area (Å²) in [5, 5.41) is 2.82. The van der Waals surface area contributed by atoms with E-state index in [0.29, 0.717) is 0 Å². The minimum atomic E-state index is 1.06. The van der Waals surface area contributed by atoms with E-state index >= 15 is 0 Å². The number of hydrogen-bond acceptors (Lipinski definition) is 1. The lowest BCUT2D eigenvalue weighted by atomic mass is 9.89. The van der Waals surface area contributed by atoms with E-state index in [2.05, 4.69) is 85.6 Å². The van der Waals surface area contributed by atoms with Crippen LogP contribution in [0.1, 0.15) is 55.1 Å². The number of unbranched alkanes of at least 4 members (excludes halogenated alkanes) is 2.